The third kappa shape index (κ3) is 3.20. The van der Waals surface area contributed by atoms with Crippen molar-refractivity contribution in [3.8, 4) is 0 Å². The molecule has 0 radical (unpaired) electrons. The smallest absolute Gasteiger partial charge is 0.0636 e. The van der Waals surface area contributed by atoms with Crippen LogP contribution in [0.4, 0.5) is 0 Å². The van der Waals surface area contributed by atoms with Crippen LogP contribution in [0, 0.1) is 5.41 Å². The van der Waals surface area contributed by atoms with E-state index in [1.54, 1.807) is 12.4 Å². The third-order valence-corrected chi connectivity index (χ3v) is 3.23. The first kappa shape index (κ1) is 13.2. The summed E-state index contributed by atoms with van der Waals surface area (Å²) in [5.74, 6) is 0. The van der Waals surface area contributed by atoms with Crippen LogP contribution < -0.4 is 0 Å². The predicted octanol–water partition coefficient (Wildman–Crippen LogP) is 3.92. The van der Waals surface area contributed by atoms with Crippen LogP contribution >= 0.6 is 0 Å². The van der Waals surface area contributed by atoms with Gasteiger partial charge in [-0.1, -0.05) is 24.3 Å². The van der Waals surface area contributed by atoms with Gasteiger partial charge in [-0.25, -0.2) is 0 Å². The van der Waals surface area contributed by atoms with Gasteiger partial charge in [0.05, 0.1) is 11.4 Å². The number of pyridine rings is 2. The first-order chi connectivity index (χ1) is 10.3. The van der Waals surface area contributed by atoms with Crippen LogP contribution in [0.3, 0.4) is 0 Å². The minimum atomic E-state index is 0.602. The molecule has 3 nitrogen and oxygen atoms in total. The predicted molar refractivity (Wildman–Crippen MR) is 85.9 cm³/mol. The molecule has 0 atom stereocenters. The molecule has 0 aliphatic heterocycles. The summed E-state index contributed by atoms with van der Waals surface area (Å²) in [6.45, 7) is 0. The van der Waals surface area contributed by atoms with Crippen LogP contribution in [0.25, 0.3) is 12.2 Å². The Morgan fingerprint density at radius 3 is 2.19 bits per heavy atom. The molecule has 3 heteroatoms. The molecule has 1 N–H and O–H groups in total. The van der Waals surface area contributed by atoms with Gasteiger partial charge in [-0.2, -0.15) is 0 Å². The van der Waals surface area contributed by atoms with Crippen molar-refractivity contribution in [3.05, 3.63) is 83.5 Å². The Morgan fingerprint density at radius 2 is 1.57 bits per heavy atom. The third-order valence-electron chi connectivity index (χ3n) is 3.23. The molecule has 0 saturated carbocycles. The van der Waals surface area contributed by atoms with Crippen LogP contribution in [0.2, 0.25) is 0 Å². The molecular formula is C18H15N3. The summed E-state index contributed by atoms with van der Waals surface area (Å²) in [5, 5.41) is 8.18. The van der Waals surface area contributed by atoms with Crippen molar-refractivity contribution in [2.45, 2.75) is 6.42 Å². The van der Waals surface area contributed by atoms with Crippen molar-refractivity contribution < 1.29 is 0 Å². The van der Waals surface area contributed by atoms with E-state index in [0.29, 0.717) is 12.1 Å². The average molecular weight is 273 g/mol. The molecule has 0 saturated heterocycles. The van der Waals surface area contributed by atoms with E-state index in [0.717, 1.165) is 22.5 Å². The normalized spacial score (nSPS) is 18.4. The zero-order valence-electron chi connectivity index (χ0n) is 11.5. The lowest BCUT2D eigenvalue weighted by atomic mass is 9.91. The lowest BCUT2D eigenvalue weighted by Crippen LogP contribution is -2.06. The van der Waals surface area contributed by atoms with E-state index < -0.39 is 0 Å². The van der Waals surface area contributed by atoms with Crippen molar-refractivity contribution >= 4 is 17.9 Å². The lowest BCUT2D eigenvalue weighted by molar-refractivity contribution is 1.27. The minimum absolute atomic E-state index is 0.602. The van der Waals surface area contributed by atoms with Crippen molar-refractivity contribution in [2.24, 2.45) is 0 Å². The fraction of sp³-hybridized carbons (Fsp3) is 0.0556. The standard InChI is InChI=1S/C18H15N3/c19-18-9-5-6-14(12-15-7-1-3-10-20-15)17(18)13-16-8-2-4-11-21-16/h1-8,10-13,19H,9H2. The lowest BCUT2D eigenvalue weighted by Gasteiger charge is -2.14. The molecule has 2 aromatic heterocycles. The topological polar surface area (TPSA) is 49.6 Å². The number of hydrogen-bond donors (Lipinski definition) is 1. The first-order valence-corrected chi connectivity index (χ1v) is 6.83. The van der Waals surface area contributed by atoms with E-state index in [1.807, 2.05) is 60.7 Å². The van der Waals surface area contributed by atoms with Crippen molar-refractivity contribution in [1.82, 2.24) is 9.97 Å². The first-order valence-electron chi connectivity index (χ1n) is 6.83. The molecule has 21 heavy (non-hydrogen) atoms. The molecule has 0 unspecified atom stereocenters. The van der Waals surface area contributed by atoms with Crippen LogP contribution in [0.5, 0.6) is 0 Å². The second-order valence-electron chi connectivity index (χ2n) is 4.75. The summed E-state index contributed by atoms with van der Waals surface area (Å²) >= 11 is 0. The Balaban J connectivity index is 2.03. The zero-order chi connectivity index (χ0) is 14.5. The second-order valence-corrected chi connectivity index (χ2v) is 4.75. The Hall–Kier alpha value is -2.81. The molecule has 3 rings (SSSR count). The highest BCUT2D eigenvalue weighted by Crippen LogP contribution is 2.24. The molecule has 2 heterocycles. The number of hydrogen-bond acceptors (Lipinski definition) is 3. The average Bonchev–Trinajstić information content (AvgIpc) is 2.53. The van der Waals surface area contributed by atoms with Crippen molar-refractivity contribution in [3.63, 3.8) is 0 Å². The molecule has 0 bridgehead atoms. The van der Waals surface area contributed by atoms with Crippen molar-refractivity contribution in [1.29, 1.82) is 5.41 Å². The summed E-state index contributed by atoms with van der Waals surface area (Å²) in [6, 6.07) is 11.6. The van der Waals surface area contributed by atoms with E-state index in [9.17, 15) is 0 Å². The second kappa shape index (κ2) is 6.09. The highest BCUT2D eigenvalue weighted by Gasteiger charge is 2.13. The van der Waals surface area contributed by atoms with E-state index in [4.69, 9.17) is 5.41 Å². The highest BCUT2D eigenvalue weighted by atomic mass is 14.7. The quantitative estimate of drug-likeness (QED) is 0.901. The number of allylic oxidation sites excluding steroid dienone is 4. The summed E-state index contributed by atoms with van der Waals surface area (Å²) in [5.41, 5.74) is 4.25. The number of nitrogens with one attached hydrogen (secondary N) is 1. The molecule has 1 aliphatic carbocycles. The Labute approximate surface area is 123 Å². The van der Waals surface area contributed by atoms with Crippen LogP contribution in [0.15, 0.2) is 72.1 Å². The van der Waals surface area contributed by atoms with Gasteiger partial charge >= 0.3 is 0 Å². The van der Waals surface area contributed by atoms with E-state index >= 15 is 0 Å². The van der Waals surface area contributed by atoms with Gasteiger partial charge in [-0.3, -0.25) is 9.97 Å². The molecule has 0 fully saturated rings. The van der Waals surface area contributed by atoms with Gasteiger partial charge in [0.1, 0.15) is 0 Å². The number of aromatic nitrogens is 2. The van der Waals surface area contributed by atoms with Gasteiger partial charge in [0, 0.05) is 30.1 Å². The fourth-order valence-corrected chi connectivity index (χ4v) is 2.20. The monoisotopic (exact) mass is 273 g/mol. The summed E-state index contributed by atoms with van der Waals surface area (Å²) < 4.78 is 0. The largest absolute Gasteiger partial charge is 0.304 e. The van der Waals surface area contributed by atoms with Gasteiger partial charge < -0.3 is 5.41 Å². The zero-order valence-corrected chi connectivity index (χ0v) is 11.5. The molecule has 0 spiro atoms. The summed E-state index contributed by atoms with van der Waals surface area (Å²) in [7, 11) is 0. The van der Waals surface area contributed by atoms with E-state index in [1.165, 1.54) is 0 Å². The molecule has 0 amide bonds. The number of rotatable bonds is 2. The van der Waals surface area contributed by atoms with Crippen LogP contribution in [-0.4, -0.2) is 15.7 Å². The fourth-order valence-electron chi connectivity index (χ4n) is 2.20. The number of nitrogens with zero attached hydrogens (tertiary/aromatic N) is 2. The molecule has 1 aliphatic rings. The van der Waals surface area contributed by atoms with Gasteiger partial charge in [-0.15, -0.1) is 0 Å². The van der Waals surface area contributed by atoms with E-state index in [-0.39, 0.29) is 0 Å². The maximum absolute atomic E-state index is 8.18. The Morgan fingerprint density at radius 1 is 0.905 bits per heavy atom. The van der Waals surface area contributed by atoms with Gasteiger partial charge in [0.15, 0.2) is 0 Å². The Kier molecular flexibility index (Phi) is 3.83. The van der Waals surface area contributed by atoms with Crippen LogP contribution in [0.1, 0.15) is 17.8 Å². The Bertz CT molecular complexity index is 726. The van der Waals surface area contributed by atoms with Crippen LogP contribution in [-0.2, 0) is 0 Å². The van der Waals surface area contributed by atoms with Gasteiger partial charge in [-0.05, 0) is 42.0 Å². The summed E-state index contributed by atoms with van der Waals surface area (Å²) in [6.07, 6.45) is 12.2. The van der Waals surface area contributed by atoms with Gasteiger partial charge in [0.2, 0.25) is 0 Å². The van der Waals surface area contributed by atoms with Gasteiger partial charge in [0.25, 0.3) is 0 Å². The summed E-state index contributed by atoms with van der Waals surface area (Å²) in [4.78, 5) is 8.62. The molecular weight excluding hydrogens is 258 g/mol. The SMILES string of the molecule is N=C1CC=CC(=Cc2ccccn2)C1=Cc1ccccn1. The van der Waals surface area contributed by atoms with Crippen molar-refractivity contribution in [2.75, 3.05) is 0 Å². The molecule has 2 aromatic rings. The molecule has 0 aromatic carbocycles. The van der Waals surface area contributed by atoms with E-state index in [2.05, 4.69) is 9.97 Å². The highest BCUT2D eigenvalue weighted by molar-refractivity contribution is 6.09. The minimum Gasteiger partial charge on any atom is -0.304 e. The maximum Gasteiger partial charge on any atom is 0.0636 e. The maximum atomic E-state index is 8.18. The molecule has 102 valence electrons.